The van der Waals surface area contributed by atoms with Gasteiger partial charge in [-0.3, -0.25) is 4.98 Å². The summed E-state index contributed by atoms with van der Waals surface area (Å²) in [6.45, 7) is 1.97. The molecular weight excluding hydrogens is 239 g/mol. The third kappa shape index (κ3) is 2.60. The first-order valence-electron chi connectivity index (χ1n) is 6.66. The Hall–Kier alpha value is -1.90. The summed E-state index contributed by atoms with van der Waals surface area (Å²) >= 11 is 0. The predicted octanol–water partition coefficient (Wildman–Crippen LogP) is 3.89. The third-order valence-corrected chi connectivity index (χ3v) is 3.77. The van der Waals surface area contributed by atoms with Gasteiger partial charge < -0.3 is 5.32 Å². The normalized spacial score (nSPS) is 21.8. The van der Waals surface area contributed by atoms with Crippen LogP contribution >= 0.6 is 0 Å². The topological polar surface area (TPSA) is 24.9 Å². The molecule has 19 heavy (non-hydrogen) atoms. The Kier molecular flexibility index (Phi) is 3.20. The van der Waals surface area contributed by atoms with Crippen LogP contribution in [0.25, 0.3) is 0 Å². The van der Waals surface area contributed by atoms with Gasteiger partial charge in [0, 0.05) is 11.7 Å². The SMILES string of the molecule is Cc1ccc(NC2CC(c3ccccc3F)C2)cn1. The van der Waals surface area contributed by atoms with Gasteiger partial charge >= 0.3 is 0 Å². The minimum absolute atomic E-state index is 0.0806. The summed E-state index contributed by atoms with van der Waals surface area (Å²) in [4.78, 5) is 4.26. The molecule has 1 aliphatic carbocycles. The van der Waals surface area contributed by atoms with E-state index in [0.717, 1.165) is 29.8 Å². The monoisotopic (exact) mass is 256 g/mol. The van der Waals surface area contributed by atoms with Gasteiger partial charge in [0.1, 0.15) is 5.82 Å². The maximum absolute atomic E-state index is 13.6. The molecule has 1 fully saturated rings. The van der Waals surface area contributed by atoms with E-state index >= 15 is 0 Å². The van der Waals surface area contributed by atoms with Crippen molar-refractivity contribution in [2.24, 2.45) is 0 Å². The van der Waals surface area contributed by atoms with Gasteiger partial charge in [-0.05, 0) is 49.4 Å². The molecule has 0 radical (unpaired) electrons. The molecule has 2 nitrogen and oxygen atoms in total. The lowest BCUT2D eigenvalue weighted by atomic mass is 9.75. The summed E-state index contributed by atoms with van der Waals surface area (Å²) in [7, 11) is 0. The van der Waals surface area contributed by atoms with Gasteiger partial charge in [-0.25, -0.2) is 4.39 Å². The molecule has 0 amide bonds. The maximum atomic E-state index is 13.6. The molecule has 1 aromatic heterocycles. The number of nitrogens with one attached hydrogen (secondary N) is 1. The predicted molar refractivity (Wildman–Crippen MR) is 74.8 cm³/mol. The second kappa shape index (κ2) is 5.00. The van der Waals surface area contributed by atoms with E-state index in [4.69, 9.17) is 0 Å². The Morgan fingerprint density at radius 2 is 1.95 bits per heavy atom. The van der Waals surface area contributed by atoms with Crippen molar-refractivity contribution in [3.05, 3.63) is 59.7 Å². The van der Waals surface area contributed by atoms with Gasteiger partial charge in [0.2, 0.25) is 0 Å². The van der Waals surface area contributed by atoms with E-state index in [1.165, 1.54) is 0 Å². The van der Waals surface area contributed by atoms with E-state index in [9.17, 15) is 4.39 Å². The third-order valence-electron chi connectivity index (χ3n) is 3.77. The van der Waals surface area contributed by atoms with Crippen molar-refractivity contribution >= 4 is 5.69 Å². The average Bonchev–Trinajstić information content (AvgIpc) is 2.37. The highest BCUT2D eigenvalue weighted by molar-refractivity contribution is 5.43. The van der Waals surface area contributed by atoms with Crippen LogP contribution in [-0.4, -0.2) is 11.0 Å². The van der Waals surface area contributed by atoms with Crippen molar-refractivity contribution in [1.82, 2.24) is 4.98 Å². The number of rotatable bonds is 3. The van der Waals surface area contributed by atoms with Crippen LogP contribution in [0.2, 0.25) is 0 Å². The second-order valence-corrected chi connectivity index (χ2v) is 5.22. The Balaban J connectivity index is 1.58. The van der Waals surface area contributed by atoms with Crippen LogP contribution in [0.5, 0.6) is 0 Å². The number of aromatic nitrogens is 1. The van der Waals surface area contributed by atoms with Gasteiger partial charge in [0.05, 0.1) is 11.9 Å². The molecule has 2 aromatic rings. The second-order valence-electron chi connectivity index (χ2n) is 5.22. The van der Waals surface area contributed by atoms with Gasteiger partial charge in [-0.2, -0.15) is 0 Å². The Morgan fingerprint density at radius 3 is 2.63 bits per heavy atom. The van der Waals surface area contributed by atoms with E-state index < -0.39 is 0 Å². The number of anilines is 1. The minimum atomic E-state index is -0.0806. The van der Waals surface area contributed by atoms with Crippen molar-refractivity contribution in [2.45, 2.75) is 31.7 Å². The summed E-state index contributed by atoms with van der Waals surface area (Å²) in [5, 5.41) is 3.44. The summed E-state index contributed by atoms with van der Waals surface area (Å²) in [5.41, 5.74) is 2.91. The van der Waals surface area contributed by atoms with E-state index in [1.54, 1.807) is 12.1 Å². The standard InChI is InChI=1S/C16H17FN2/c1-11-6-7-13(10-18-11)19-14-8-12(9-14)15-4-2-3-5-16(15)17/h2-7,10,12,14,19H,8-9H2,1H3. The number of hydrogen-bond acceptors (Lipinski definition) is 2. The van der Waals surface area contributed by atoms with Crippen molar-refractivity contribution in [1.29, 1.82) is 0 Å². The smallest absolute Gasteiger partial charge is 0.126 e. The number of hydrogen-bond donors (Lipinski definition) is 1. The molecule has 98 valence electrons. The molecule has 3 heteroatoms. The fourth-order valence-corrected chi connectivity index (χ4v) is 2.58. The van der Waals surface area contributed by atoms with Crippen molar-refractivity contribution in [2.75, 3.05) is 5.32 Å². The molecule has 0 bridgehead atoms. The molecule has 0 atom stereocenters. The van der Waals surface area contributed by atoms with Crippen LogP contribution < -0.4 is 5.32 Å². The number of halogens is 1. The Morgan fingerprint density at radius 1 is 1.16 bits per heavy atom. The lowest BCUT2D eigenvalue weighted by Gasteiger charge is -2.37. The Bertz CT molecular complexity index is 559. The molecule has 0 saturated heterocycles. The maximum Gasteiger partial charge on any atom is 0.126 e. The molecular formula is C16H17FN2. The van der Waals surface area contributed by atoms with Crippen LogP contribution in [0.3, 0.4) is 0 Å². The van der Waals surface area contributed by atoms with Crippen LogP contribution in [0.4, 0.5) is 10.1 Å². The molecule has 3 rings (SSSR count). The van der Waals surface area contributed by atoms with Gasteiger partial charge in [0.25, 0.3) is 0 Å². The summed E-state index contributed by atoms with van der Waals surface area (Å²) in [6.07, 6.45) is 3.81. The van der Waals surface area contributed by atoms with Crippen molar-refractivity contribution < 1.29 is 4.39 Å². The highest BCUT2D eigenvalue weighted by atomic mass is 19.1. The summed E-state index contributed by atoms with van der Waals surface area (Å²) in [6, 6.07) is 11.5. The van der Waals surface area contributed by atoms with E-state index in [1.807, 2.05) is 37.4 Å². The highest BCUT2D eigenvalue weighted by Gasteiger charge is 2.31. The zero-order valence-corrected chi connectivity index (χ0v) is 10.9. The molecule has 1 N–H and O–H groups in total. The lowest BCUT2D eigenvalue weighted by Crippen LogP contribution is -2.34. The first kappa shape index (κ1) is 12.2. The Labute approximate surface area is 112 Å². The van der Waals surface area contributed by atoms with Gasteiger partial charge in [-0.15, -0.1) is 0 Å². The van der Waals surface area contributed by atoms with Crippen LogP contribution in [0.1, 0.15) is 30.0 Å². The fraction of sp³-hybridized carbons (Fsp3) is 0.312. The quantitative estimate of drug-likeness (QED) is 0.901. The van der Waals surface area contributed by atoms with Gasteiger partial charge in [0.15, 0.2) is 0 Å². The first-order chi connectivity index (χ1) is 9.22. The van der Waals surface area contributed by atoms with E-state index in [0.29, 0.717) is 12.0 Å². The molecule has 0 unspecified atom stereocenters. The minimum Gasteiger partial charge on any atom is -0.381 e. The zero-order valence-electron chi connectivity index (χ0n) is 10.9. The van der Waals surface area contributed by atoms with E-state index in [-0.39, 0.29) is 5.82 Å². The van der Waals surface area contributed by atoms with Gasteiger partial charge in [-0.1, -0.05) is 18.2 Å². The largest absolute Gasteiger partial charge is 0.381 e. The number of aryl methyl sites for hydroxylation is 1. The van der Waals surface area contributed by atoms with Crippen molar-refractivity contribution in [3.63, 3.8) is 0 Å². The van der Waals surface area contributed by atoms with Crippen LogP contribution in [0.15, 0.2) is 42.6 Å². The molecule has 1 saturated carbocycles. The lowest BCUT2D eigenvalue weighted by molar-refractivity contribution is 0.363. The molecule has 1 heterocycles. The van der Waals surface area contributed by atoms with Crippen LogP contribution in [0, 0.1) is 12.7 Å². The molecule has 1 aliphatic rings. The zero-order chi connectivity index (χ0) is 13.2. The number of pyridine rings is 1. The highest BCUT2D eigenvalue weighted by Crippen LogP contribution is 2.39. The number of nitrogens with zero attached hydrogens (tertiary/aromatic N) is 1. The average molecular weight is 256 g/mol. The van der Waals surface area contributed by atoms with E-state index in [2.05, 4.69) is 10.3 Å². The fourth-order valence-electron chi connectivity index (χ4n) is 2.58. The molecule has 0 spiro atoms. The molecule has 1 aromatic carbocycles. The summed E-state index contributed by atoms with van der Waals surface area (Å²) in [5.74, 6) is 0.264. The van der Waals surface area contributed by atoms with Crippen molar-refractivity contribution in [3.8, 4) is 0 Å². The summed E-state index contributed by atoms with van der Waals surface area (Å²) < 4.78 is 13.6. The first-order valence-corrected chi connectivity index (χ1v) is 6.66. The van der Waals surface area contributed by atoms with Crippen LogP contribution in [-0.2, 0) is 0 Å². The molecule has 0 aliphatic heterocycles. The number of benzene rings is 1.